The van der Waals surface area contributed by atoms with E-state index in [1.807, 2.05) is 58.4 Å². The van der Waals surface area contributed by atoms with Crippen molar-refractivity contribution in [2.24, 2.45) is 17.3 Å². The number of methoxy groups -OCH3 is 2. The summed E-state index contributed by atoms with van der Waals surface area (Å²) in [6.45, 7) is 11.0. The number of hydrogen-bond acceptors (Lipinski definition) is 8. The molecule has 1 aromatic rings. The van der Waals surface area contributed by atoms with Crippen LogP contribution < -0.4 is 0 Å². The number of carbonyl (C=O) groups excluding carboxylic acids is 3. The van der Waals surface area contributed by atoms with E-state index in [9.17, 15) is 14.4 Å². The third kappa shape index (κ3) is 8.13. The minimum Gasteiger partial charge on any atom is -0.469 e. The lowest BCUT2D eigenvalue weighted by atomic mass is 9.62. The first-order valence-corrected chi connectivity index (χ1v) is 16.1. The maximum atomic E-state index is 12.8. The number of aromatic nitrogens is 2. The Morgan fingerprint density at radius 1 is 1.16 bits per heavy atom. The Morgan fingerprint density at radius 2 is 1.78 bits per heavy atom. The Hall–Kier alpha value is -1.72. The number of likely N-dealkylation sites (N-methyl/N-ethyl adjacent to an activating group) is 2. The number of esters is 2. The van der Waals surface area contributed by atoms with Crippen molar-refractivity contribution in [1.29, 1.82) is 0 Å². The molecule has 1 heterocycles. The first-order chi connectivity index (χ1) is 17.1. The second-order valence-corrected chi connectivity index (χ2v) is 13.0. The van der Waals surface area contributed by atoms with E-state index in [0.717, 1.165) is 16.8 Å². The lowest BCUT2D eigenvalue weighted by molar-refractivity contribution is -0.156. The van der Waals surface area contributed by atoms with Crippen molar-refractivity contribution in [1.82, 2.24) is 19.4 Å². The quantitative estimate of drug-likeness (QED) is 0.168. The normalized spacial score (nSPS) is 19.6. The molecule has 0 saturated heterocycles. The minimum atomic E-state index is -0.680. The Bertz CT molecular complexity index is 1020. The molecule has 10 nitrogen and oxygen atoms in total. The van der Waals surface area contributed by atoms with Crippen LogP contribution in [0.1, 0.15) is 52.3 Å². The number of rotatable bonds is 9. The van der Waals surface area contributed by atoms with Crippen molar-refractivity contribution in [3.8, 4) is 0 Å². The van der Waals surface area contributed by atoms with Crippen molar-refractivity contribution in [2.75, 3.05) is 41.4 Å². The molecule has 37 heavy (non-hydrogen) atoms. The van der Waals surface area contributed by atoms with Crippen molar-refractivity contribution in [3.05, 3.63) is 23.5 Å². The Balaban J connectivity index is 2.30. The highest BCUT2D eigenvalue weighted by Crippen LogP contribution is 2.48. The summed E-state index contributed by atoms with van der Waals surface area (Å²) in [7, 11) is 6.42. The second-order valence-electron chi connectivity index (χ2n) is 11.0. The molecule has 0 aliphatic heterocycles. The van der Waals surface area contributed by atoms with Crippen LogP contribution in [0.25, 0.3) is 5.57 Å². The molecule has 1 aliphatic carbocycles. The van der Waals surface area contributed by atoms with Crippen LogP contribution in [0.4, 0.5) is 4.79 Å². The van der Waals surface area contributed by atoms with E-state index < -0.39 is 28.8 Å². The molecule has 1 aromatic heterocycles. The molecule has 0 radical (unpaired) electrons. The molecular formula is C25H40IN4O6P. The Morgan fingerprint density at radius 3 is 2.32 bits per heavy atom. The van der Waals surface area contributed by atoms with E-state index in [2.05, 4.69) is 26.9 Å². The van der Waals surface area contributed by atoms with Gasteiger partial charge < -0.3 is 24.0 Å². The number of ether oxygens (including phenoxy) is 3. The van der Waals surface area contributed by atoms with E-state index >= 15 is 0 Å². The molecule has 0 aromatic carbocycles. The van der Waals surface area contributed by atoms with Crippen LogP contribution in [-0.4, -0.2) is 84.4 Å². The molecule has 2 rings (SSSR count). The molecule has 3 atom stereocenters. The summed E-state index contributed by atoms with van der Waals surface area (Å²) in [6.07, 6.45) is 4.33. The van der Waals surface area contributed by atoms with E-state index in [-0.39, 0.29) is 12.1 Å². The largest absolute Gasteiger partial charge is 0.469 e. The summed E-state index contributed by atoms with van der Waals surface area (Å²) in [6, 6.07) is 0. The summed E-state index contributed by atoms with van der Waals surface area (Å²) in [5.74, 6) is -1.90. The molecule has 1 aliphatic rings. The molecule has 0 saturated carbocycles. The molecule has 0 bridgehead atoms. The number of hydrogen-bond donors (Lipinski definition) is 0. The molecule has 3 unspecified atom stereocenters. The molecule has 1 amide bonds. The van der Waals surface area contributed by atoms with Crippen molar-refractivity contribution in [3.63, 3.8) is 0 Å². The molecule has 0 fully saturated rings. The van der Waals surface area contributed by atoms with Crippen LogP contribution in [0.3, 0.4) is 0 Å². The highest BCUT2D eigenvalue weighted by Gasteiger charge is 2.48. The van der Waals surface area contributed by atoms with Crippen molar-refractivity contribution < 1.29 is 28.6 Å². The summed E-state index contributed by atoms with van der Waals surface area (Å²) in [4.78, 5) is 41.4. The van der Waals surface area contributed by atoms with Gasteiger partial charge in [-0.25, -0.2) is 9.25 Å². The van der Waals surface area contributed by atoms with Gasteiger partial charge in [-0.05, 0) is 67.3 Å². The standard InChI is InChI=1S/C25H40IN4O6P/c1-24(2,3)36-23(33)29(7)11-10-28(6)14-17-15-30(37-26)27-20(17)16-12-18(21(31)34-8)25(4,5)19(13-16)22(32)35-9/h12,15,18-19,37H,10-11,13-14H2,1-9H3. The lowest BCUT2D eigenvalue weighted by Gasteiger charge is -2.40. The second kappa shape index (κ2) is 12.9. The van der Waals surface area contributed by atoms with Gasteiger partial charge in [0.1, 0.15) is 5.60 Å². The SMILES string of the molecule is COC(=O)C1C=C(c2nn(PI)cc2CN(C)CCN(C)C(=O)OC(C)(C)C)CC(C(=O)OC)C1(C)C. The van der Waals surface area contributed by atoms with Gasteiger partial charge in [-0.3, -0.25) is 9.59 Å². The summed E-state index contributed by atoms with van der Waals surface area (Å²) in [5.41, 5.74) is 1.33. The maximum Gasteiger partial charge on any atom is 0.410 e. The van der Waals surface area contributed by atoms with E-state index in [1.54, 1.807) is 11.9 Å². The molecule has 12 heteroatoms. The number of allylic oxidation sites excluding steroid dienone is 1. The van der Waals surface area contributed by atoms with Crippen molar-refractivity contribution in [2.45, 2.75) is 53.2 Å². The Kier molecular flexibility index (Phi) is 11.0. The fraction of sp³-hybridized carbons (Fsp3) is 0.680. The van der Waals surface area contributed by atoms with Gasteiger partial charge >= 0.3 is 18.0 Å². The lowest BCUT2D eigenvalue weighted by Crippen LogP contribution is -2.43. The topological polar surface area (TPSA) is 103 Å². The van der Waals surface area contributed by atoms with Gasteiger partial charge in [0.25, 0.3) is 0 Å². The predicted molar refractivity (Wildman–Crippen MR) is 153 cm³/mol. The van der Waals surface area contributed by atoms with Crippen LogP contribution in [0, 0.1) is 17.3 Å². The summed E-state index contributed by atoms with van der Waals surface area (Å²) in [5, 5.41) is 4.79. The van der Waals surface area contributed by atoms with Gasteiger partial charge in [-0.15, -0.1) is 0 Å². The van der Waals surface area contributed by atoms with Gasteiger partial charge in [-0.1, -0.05) is 19.9 Å². The summed E-state index contributed by atoms with van der Waals surface area (Å²) < 4.78 is 17.5. The Labute approximate surface area is 234 Å². The van der Waals surface area contributed by atoms with Crippen LogP contribution in [0.2, 0.25) is 0 Å². The predicted octanol–water partition coefficient (Wildman–Crippen LogP) is 4.37. The average Bonchev–Trinajstić information content (AvgIpc) is 3.22. The minimum absolute atomic E-state index is 0.358. The molecule has 0 N–H and O–H groups in total. The first-order valence-electron chi connectivity index (χ1n) is 12.1. The van der Waals surface area contributed by atoms with Gasteiger partial charge in [0.15, 0.2) is 0 Å². The number of nitrogens with zero attached hydrogens (tertiary/aromatic N) is 4. The zero-order valence-corrected chi connectivity index (χ0v) is 26.4. The van der Waals surface area contributed by atoms with Crippen LogP contribution in [-0.2, 0) is 30.3 Å². The van der Waals surface area contributed by atoms with Crippen LogP contribution >= 0.6 is 28.4 Å². The van der Waals surface area contributed by atoms with Gasteiger partial charge in [0, 0.05) is 38.4 Å². The maximum absolute atomic E-state index is 12.8. The zero-order chi connectivity index (χ0) is 28.1. The number of carbonyl (C=O) groups is 3. The third-order valence-corrected chi connectivity index (χ3v) is 8.46. The number of halogens is 1. The monoisotopic (exact) mass is 650 g/mol. The van der Waals surface area contributed by atoms with Gasteiger partial charge in [-0.2, -0.15) is 5.10 Å². The van der Waals surface area contributed by atoms with E-state index in [0.29, 0.717) is 32.4 Å². The number of amides is 1. The van der Waals surface area contributed by atoms with Gasteiger partial charge in [0.05, 0.1) is 38.1 Å². The van der Waals surface area contributed by atoms with Crippen LogP contribution in [0.5, 0.6) is 0 Å². The van der Waals surface area contributed by atoms with Gasteiger partial charge in [0.2, 0.25) is 0 Å². The van der Waals surface area contributed by atoms with Crippen LogP contribution in [0.15, 0.2) is 12.3 Å². The fourth-order valence-electron chi connectivity index (χ4n) is 4.35. The average molecular weight is 650 g/mol. The van der Waals surface area contributed by atoms with E-state index in [4.69, 9.17) is 19.3 Å². The molecule has 208 valence electrons. The third-order valence-electron chi connectivity index (χ3n) is 6.58. The highest BCUT2D eigenvalue weighted by atomic mass is 127. The molecular weight excluding hydrogens is 610 g/mol. The first kappa shape index (κ1) is 31.5. The zero-order valence-electron chi connectivity index (χ0n) is 23.3. The smallest absolute Gasteiger partial charge is 0.410 e. The van der Waals surface area contributed by atoms with Crippen molar-refractivity contribution >= 4 is 52.0 Å². The molecule has 0 spiro atoms. The highest BCUT2D eigenvalue weighted by molar-refractivity contribution is 14.2. The van der Waals surface area contributed by atoms with E-state index in [1.165, 1.54) is 14.2 Å². The fourth-order valence-corrected chi connectivity index (χ4v) is 5.43. The summed E-state index contributed by atoms with van der Waals surface area (Å²) >= 11 is 2.27.